The average Bonchev–Trinajstić information content (AvgIpc) is 2.56. The van der Waals surface area contributed by atoms with Gasteiger partial charge in [-0.3, -0.25) is 9.48 Å². The summed E-state index contributed by atoms with van der Waals surface area (Å²) in [7, 11) is 1.74. The molecule has 0 unspecified atom stereocenters. The molecule has 0 atom stereocenters. The standard InChI is InChI=1S/C8H8N4O2/c1-11-5-6(4-9-11)8-10-7(13)2-3-12(8)14/h2-5,14H,1H3. The van der Waals surface area contributed by atoms with Gasteiger partial charge in [0.15, 0.2) is 5.82 Å². The molecule has 6 nitrogen and oxygen atoms in total. The van der Waals surface area contributed by atoms with Crippen LogP contribution >= 0.6 is 0 Å². The smallest absolute Gasteiger partial charge is 0.273 e. The van der Waals surface area contributed by atoms with E-state index in [1.807, 2.05) is 0 Å². The van der Waals surface area contributed by atoms with Gasteiger partial charge in [0.05, 0.1) is 18.0 Å². The van der Waals surface area contributed by atoms with Crippen molar-refractivity contribution in [2.75, 3.05) is 0 Å². The first kappa shape index (κ1) is 8.49. The normalized spacial score (nSPS) is 10.4. The lowest BCUT2D eigenvalue weighted by Crippen LogP contribution is -2.11. The molecule has 0 saturated carbocycles. The fourth-order valence-electron chi connectivity index (χ4n) is 1.13. The van der Waals surface area contributed by atoms with E-state index in [9.17, 15) is 10.0 Å². The molecule has 2 aromatic heterocycles. The van der Waals surface area contributed by atoms with Crippen molar-refractivity contribution in [3.8, 4) is 11.4 Å². The summed E-state index contributed by atoms with van der Waals surface area (Å²) in [6.45, 7) is 0. The van der Waals surface area contributed by atoms with Gasteiger partial charge in [0.2, 0.25) is 0 Å². The molecule has 1 N–H and O–H groups in total. The first-order valence-corrected chi connectivity index (χ1v) is 3.95. The van der Waals surface area contributed by atoms with Crippen molar-refractivity contribution in [3.05, 3.63) is 35.0 Å². The highest BCUT2D eigenvalue weighted by atomic mass is 16.5. The predicted octanol–water partition coefficient (Wildman–Crippen LogP) is -0.119. The molecule has 0 aliphatic rings. The van der Waals surface area contributed by atoms with Crippen molar-refractivity contribution < 1.29 is 5.21 Å². The first-order valence-electron chi connectivity index (χ1n) is 3.95. The maximum atomic E-state index is 11.0. The molecule has 0 aromatic carbocycles. The van der Waals surface area contributed by atoms with Crippen molar-refractivity contribution in [2.45, 2.75) is 0 Å². The van der Waals surface area contributed by atoms with Gasteiger partial charge in [-0.05, 0) is 0 Å². The molecule has 0 saturated heterocycles. The average molecular weight is 192 g/mol. The molecule has 2 aromatic rings. The molecule has 0 spiro atoms. The van der Waals surface area contributed by atoms with Gasteiger partial charge < -0.3 is 5.21 Å². The molecule has 0 amide bonds. The van der Waals surface area contributed by atoms with Crippen molar-refractivity contribution >= 4 is 0 Å². The number of aryl methyl sites for hydroxylation is 1. The van der Waals surface area contributed by atoms with Gasteiger partial charge in [-0.1, -0.05) is 0 Å². The number of rotatable bonds is 1. The fraction of sp³-hybridized carbons (Fsp3) is 0.125. The van der Waals surface area contributed by atoms with Crippen LogP contribution in [-0.2, 0) is 7.05 Å². The van der Waals surface area contributed by atoms with Crippen LogP contribution in [0, 0.1) is 0 Å². The lowest BCUT2D eigenvalue weighted by atomic mass is 10.3. The monoisotopic (exact) mass is 192 g/mol. The molecule has 2 rings (SSSR count). The predicted molar refractivity (Wildman–Crippen MR) is 47.9 cm³/mol. The summed E-state index contributed by atoms with van der Waals surface area (Å²) in [6.07, 6.45) is 4.43. The van der Waals surface area contributed by atoms with E-state index >= 15 is 0 Å². The van der Waals surface area contributed by atoms with Crippen LogP contribution in [0.1, 0.15) is 0 Å². The van der Waals surface area contributed by atoms with E-state index in [4.69, 9.17) is 0 Å². The number of hydrogen-bond acceptors (Lipinski definition) is 4. The summed E-state index contributed by atoms with van der Waals surface area (Å²) in [5, 5.41) is 13.3. The Morgan fingerprint density at radius 2 is 2.29 bits per heavy atom. The van der Waals surface area contributed by atoms with E-state index in [2.05, 4.69) is 10.1 Å². The Balaban J connectivity index is 2.61. The molecule has 0 aliphatic heterocycles. The topological polar surface area (TPSA) is 72.9 Å². The molecule has 0 bridgehead atoms. The highest BCUT2D eigenvalue weighted by Crippen LogP contribution is 2.11. The van der Waals surface area contributed by atoms with Crippen LogP contribution in [0.25, 0.3) is 11.4 Å². The van der Waals surface area contributed by atoms with Crippen molar-refractivity contribution in [1.29, 1.82) is 0 Å². The number of aromatic nitrogens is 4. The van der Waals surface area contributed by atoms with Gasteiger partial charge in [-0.2, -0.15) is 14.8 Å². The van der Waals surface area contributed by atoms with Crippen LogP contribution < -0.4 is 5.56 Å². The Hall–Kier alpha value is -2.11. The van der Waals surface area contributed by atoms with E-state index in [-0.39, 0.29) is 5.82 Å². The zero-order valence-electron chi connectivity index (χ0n) is 7.45. The Kier molecular flexibility index (Phi) is 1.81. The molecule has 2 heterocycles. The summed E-state index contributed by atoms with van der Waals surface area (Å²) in [6, 6.07) is 1.18. The van der Waals surface area contributed by atoms with E-state index in [0.717, 1.165) is 4.73 Å². The van der Waals surface area contributed by atoms with Gasteiger partial charge in [-0.25, -0.2) is 0 Å². The summed E-state index contributed by atoms with van der Waals surface area (Å²) < 4.78 is 2.35. The molecular formula is C8H8N4O2. The van der Waals surface area contributed by atoms with Crippen molar-refractivity contribution in [1.82, 2.24) is 19.5 Å². The number of hydrogen-bond donors (Lipinski definition) is 1. The minimum Gasteiger partial charge on any atom is -0.427 e. The van der Waals surface area contributed by atoms with Gasteiger partial charge in [0, 0.05) is 19.3 Å². The fourth-order valence-corrected chi connectivity index (χ4v) is 1.13. The van der Waals surface area contributed by atoms with Crippen LogP contribution in [0.2, 0.25) is 0 Å². The number of nitrogens with zero attached hydrogens (tertiary/aromatic N) is 4. The Morgan fingerprint density at radius 3 is 2.93 bits per heavy atom. The van der Waals surface area contributed by atoms with Gasteiger partial charge in [-0.15, -0.1) is 0 Å². The van der Waals surface area contributed by atoms with Crippen LogP contribution in [0.15, 0.2) is 29.5 Å². The molecule has 0 radical (unpaired) electrons. The van der Waals surface area contributed by atoms with E-state index < -0.39 is 5.56 Å². The van der Waals surface area contributed by atoms with Crippen molar-refractivity contribution in [2.24, 2.45) is 7.05 Å². The Labute approximate surface area is 79.0 Å². The van der Waals surface area contributed by atoms with E-state index in [1.54, 1.807) is 17.9 Å². The van der Waals surface area contributed by atoms with Gasteiger partial charge in [0.25, 0.3) is 5.56 Å². The highest BCUT2D eigenvalue weighted by molar-refractivity contribution is 5.51. The minimum absolute atomic E-state index is 0.186. The van der Waals surface area contributed by atoms with Crippen LogP contribution in [0.4, 0.5) is 0 Å². The molecule has 0 fully saturated rings. The third-order valence-corrected chi connectivity index (χ3v) is 1.75. The zero-order valence-corrected chi connectivity index (χ0v) is 7.45. The van der Waals surface area contributed by atoms with Gasteiger partial charge in [0.1, 0.15) is 0 Å². The largest absolute Gasteiger partial charge is 0.427 e. The third-order valence-electron chi connectivity index (χ3n) is 1.75. The van der Waals surface area contributed by atoms with E-state index in [0.29, 0.717) is 5.56 Å². The summed E-state index contributed by atoms with van der Waals surface area (Å²) in [5.41, 5.74) is 0.196. The summed E-state index contributed by atoms with van der Waals surface area (Å²) in [5.74, 6) is 0.186. The Bertz CT molecular complexity index is 514. The molecule has 72 valence electrons. The first-order chi connectivity index (χ1) is 6.66. The highest BCUT2D eigenvalue weighted by Gasteiger charge is 2.06. The second kappa shape index (κ2) is 2.99. The third kappa shape index (κ3) is 1.37. The molecule has 6 heteroatoms. The maximum Gasteiger partial charge on any atom is 0.273 e. The lowest BCUT2D eigenvalue weighted by molar-refractivity contribution is 0.185. The minimum atomic E-state index is -0.394. The summed E-state index contributed by atoms with van der Waals surface area (Å²) in [4.78, 5) is 14.6. The van der Waals surface area contributed by atoms with Crippen molar-refractivity contribution in [3.63, 3.8) is 0 Å². The maximum absolute atomic E-state index is 11.0. The van der Waals surface area contributed by atoms with Crippen LogP contribution in [-0.4, -0.2) is 24.7 Å². The second-order valence-corrected chi connectivity index (χ2v) is 2.84. The van der Waals surface area contributed by atoms with E-state index in [1.165, 1.54) is 18.5 Å². The molecule has 0 aliphatic carbocycles. The Morgan fingerprint density at radius 1 is 1.50 bits per heavy atom. The SMILES string of the molecule is Cn1cc(-c2nc(=O)ccn2O)cn1. The molecule has 14 heavy (non-hydrogen) atoms. The lowest BCUT2D eigenvalue weighted by Gasteiger charge is -2.00. The van der Waals surface area contributed by atoms with Crippen LogP contribution in [0.3, 0.4) is 0 Å². The quantitative estimate of drug-likeness (QED) is 0.639. The molecular weight excluding hydrogens is 184 g/mol. The van der Waals surface area contributed by atoms with Gasteiger partial charge >= 0.3 is 0 Å². The summed E-state index contributed by atoms with van der Waals surface area (Å²) >= 11 is 0. The van der Waals surface area contributed by atoms with Crippen LogP contribution in [0.5, 0.6) is 0 Å². The second-order valence-electron chi connectivity index (χ2n) is 2.84. The zero-order chi connectivity index (χ0) is 10.1.